The molecular weight excluding hydrogens is 276 g/mol. The van der Waals surface area contributed by atoms with Crippen molar-refractivity contribution in [2.45, 2.75) is 77.1 Å². The lowest BCUT2D eigenvalue weighted by Crippen LogP contribution is -2.55. The van der Waals surface area contributed by atoms with E-state index in [0.717, 1.165) is 44.9 Å². The Morgan fingerprint density at radius 2 is 1.73 bits per heavy atom. The first-order valence-corrected chi connectivity index (χ1v) is 9.11. The molecular formula is C19H30O3. The van der Waals surface area contributed by atoms with E-state index in [1.165, 1.54) is 5.57 Å². The third-order valence-electron chi connectivity index (χ3n) is 8.05. The lowest BCUT2D eigenvalue weighted by molar-refractivity contribution is -0.105. The van der Waals surface area contributed by atoms with Crippen molar-refractivity contribution >= 4 is 0 Å². The molecule has 22 heavy (non-hydrogen) atoms. The minimum atomic E-state index is -0.395. The van der Waals surface area contributed by atoms with Gasteiger partial charge in [0.1, 0.15) is 0 Å². The average molecular weight is 306 g/mol. The lowest BCUT2D eigenvalue weighted by Gasteiger charge is -2.58. The molecule has 0 aromatic rings. The van der Waals surface area contributed by atoms with Crippen LogP contribution in [0.4, 0.5) is 0 Å². The number of aliphatic hydroxyl groups is 3. The van der Waals surface area contributed by atoms with Crippen molar-refractivity contribution in [1.82, 2.24) is 0 Å². The van der Waals surface area contributed by atoms with Gasteiger partial charge in [-0.25, -0.2) is 0 Å². The van der Waals surface area contributed by atoms with Crippen LogP contribution in [0.2, 0.25) is 0 Å². The maximum Gasteiger partial charge on any atom is 0.0757 e. The molecule has 0 bridgehead atoms. The number of aliphatic hydroxyl groups excluding tert-OH is 3. The summed E-state index contributed by atoms with van der Waals surface area (Å²) in [5, 5.41) is 31.3. The molecule has 0 radical (unpaired) electrons. The van der Waals surface area contributed by atoms with E-state index in [9.17, 15) is 15.3 Å². The van der Waals surface area contributed by atoms with Crippen molar-refractivity contribution in [2.75, 3.05) is 0 Å². The molecule has 0 unspecified atom stereocenters. The Bertz CT molecular complexity index is 501. The topological polar surface area (TPSA) is 60.7 Å². The first-order chi connectivity index (χ1) is 10.4. The Labute approximate surface area is 133 Å². The summed E-state index contributed by atoms with van der Waals surface area (Å²) in [6, 6.07) is 0. The van der Waals surface area contributed by atoms with Gasteiger partial charge in [-0.3, -0.25) is 0 Å². The first-order valence-electron chi connectivity index (χ1n) is 9.11. The van der Waals surface area contributed by atoms with Crippen LogP contribution in [0.25, 0.3) is 0 Å². The molecule has 0 aromatic carbocycles. The van der Waals surface area contributed by atoms with Gasteiger partial charge in [0.05, 0.1) is 18.3 Å². The summed E-state index contributed by atoms with van der Waals surface area (Å²) in [7, 11) is 0. The van der Waals surface area contributed by atoms with E-state index >= 15 is 0 Å². The van der Waals surface area contributed by atoms with Crippen LogP contribution in [0.3, 0.4) is 0 Å². The van der Waals surface area contributed by atoms with Gasteiger partial charge in [-0.1, -0.05) is 25.5 Å². The second-order valence-electron chi connectivity index (χ2n) is 8.92. The number of rotatable bonds is 0. The number of hydrogen-bond acceptors (Lipinski definition) is 3. The monoisotopic (exact) mass is 306 g/mol. The van der Waals surface area contributed by atoms with E-state index in [0.29, 0.717) is 17.8 Å². The Morgan fingerprint density at radius 3 is 2.50 bits per heavy atom. The third-order valence-corrected chi connectivity index (χ3v) is 8.05. The summed E-state index contributed by atoms with van der Waals surface area (Å²) in [6.07, 6.45) is 8.05. The van der Waals surface area contributed by atoms with Gasteiger partial charge in [0.2, 0.25) is 0 Å². The highest BCUT2D eigenvalue weighted by molar-refractivity contribution is 5.27. The molecule has 8 atom stereocenters. The first kappa shape index (κ1) is 15.2. The molecule has 0 saturated heterocycles. The summed E-state index contributed by atoms with van der Waals surface area (Å²) in [4.78, 5) is 0. The molecule has 0 spiro atoms. The van der Waals surface area contributed by atoms with Crippen LogP contribution in [0.1, 0.15) is 58.8 Å². The van der Waals surface area contributed by atoms with E-state index in [-0.39, 0.29) is 23.0 Å². The summed E-state index contributed by atoms with van der Waals surface area (Å²) >= 11 is 0. The third kappa shape index (κ3) is 1.85. The Kier molecular flexibility index (Phi) is 3.32. The highest BCUT2D eigenvalue weighted by Gasteiger charge is 2.60. The van der Waals surface area contributed by atoms with E-state index in [1.54, 1.807) is 0 Å². The molecule has 124 valence electrons. The van der Waals surface area contributed by atoms with Crippen molar-refractivity contribution in [2.24, 2.45) is 28.6 Å². The molecule has 0 aromatic heterocycles. The summed E-state index contributed by atoms with van der Waals surface area (Å²) in [5.41, 5.74) is 1.44. The van der Waals surface area contributed by atoms with Crippen LogP contribution >= 0.6 is 0 Å². The van der Waals surface area contributed by atoms with E-state index in [2.05, 4.69) is 19.9 Å². The van der Waals surface area contributed by atoms with Gasteiger partial charge in [0, 0.05) is 0 Å². The molecule has 4 rings (SSSR count). The summed E-state index contributed by atoms with van der Waals surface area (Å²) in [5.74, 6) is 1.25. The quantitative estimate of drug-likeness (QED) is 0.603. The predicted octanol–water partition coefficient (Wildman–Crippen LogP) is 2.64. The number of fused-ring (bicyclic) bond motifs is 5. The fraction of sp³-hybridized carbons (Fsp3) is 0.895. The highest BCUT2D eigenvalue weighted by atomic mass is 16.3. The Hall–Kier alpha value is -0.380. The van der Waals surface area contributed by atoms with Gasteiger partial charge in [-0.15, -0.1) is 0 Å². The maximum absolute atomic E-state index is 10.9. The van der Waals surface area contributed by atoms with Crippen LogP contribution < -0.4 is 0 Å². The molecule has 3 saturated carbocycles. The van der Waals surface area contributed by atoms with Gasteiger partial charge >= 0.3 is 0 Å². The van der Waals surface area contributed by atoms with Crippen molar-refractivity contribution in [3.63, 3.8) is 0 Å². The lowest BCUT2D eigenvalue weighted by atomic mass is 9.47. The second kappa shape index (κ2) is 4.81. The minimum Gasteiger partial charge on any atom is -0.393 e. The highest BCUT2D eigenvalue weighted by Crippen LogP contribution is 2.64. The maximum atomic E-state index is 10.9. The van der Waals surface area contributed by atoms with E-state index < -0.39 is 6.10 Å². The van der Waals surface area contributed by atoms with Crippen LogP contribution in [-0.2, 0) is 0 Å². The molecule has 3 fully saturated rings. The van der Waals surface area contributed by atoms with Crippen LogP contribution in [-0.4, -0.2) is 33.6 Å². The molecule has 3 heteroatoms. The van der Waals surface area contributed by atoms with Gasteiger partial charge in [-0.05, 0) is 73.5 Å². The van der Waals surface area contributed by atoms with E-state index in [1.807, 2.05) is 0 Å². The smallest absolute Gasteiger partial charge is 0.0757 e. The molecule has 3 nitrogen and oxygen atoms in total. The van der Waals surface area contributed by atoms with Gasteiger partial charge in [0.25, 0.3) is 0 Å². The second-order valence-corrected chi connectivity index (χ2v) is 8.92. The molecule has 4 aliphatic rings. The van der Waals surface area contributed by atoms with Gasteiger partial charge in [0.15, 0.2) is 0 Å². The predicted molar refractivity (Wildman–Crippen MR) is 85.1 cm³/mol. The number of hydrogen-bond donors (Lipinski definition) is 3. The van der Waals surface area contributed by atoms with Crippen LogP contribution in [0.5, 0.6) is 0 Å². The van der Waals surface area contributed by atoms with Gasteiger partial charge < -0.3 is 15.3 Å². The zero-order valence-electron chi connectivity index (χ0n) is 13.8. The fourth-order valence-corrected chi connectivity index (χ4v) is 6.60. The summed E-state index contributed by atoms with van der Waals surface area (Å²) < 4.78 is 0. The SMILES string of the molecule is C[C@]12CC[C@H]3[C@@H]([C@H](O)C=C4C[C@H](O)CC[C@@]43C)[C@@H]1CC[C@@H]2O. The normalized spacial score (nSPS) is 57.6. The Balaban J connectivity index is 1.73. The zero-order valence-corrected chi connectivity index (χ0v) is 13.8. The van der Waals surface area contributed by atoms with Crippen molar-refractivity contribution in [3.05, 3.63) is 11.6 Å². The summed E-state index contributed by atoms with van der Waals surface area (Å²) in [6.45, 7) is 4.60. The zero-order chi connectivity index (χ0) is 15.7. The van der Waals surface area contributed by atoms with Crippen molar-refractivity contribution in [1.29, 1.82) is 0 Å². The van der Waals surface area contributed by atoms with Gasteiger partial charge in [-0.2, -0.15) is 0 Å². The standard InChI is InChI=1S/C19H30O3/c1-18-7-5-12(20)9-11(18)10-15(21)17-13-3-4-16(22)19(13,2)8-6-14(17)18/h10,12-17,20-22H,3-9H2,1-2H3/t12-,13+,14+,15-,16+,17+,18+,19+/m1/s1. The van der Waals surface area contributed by atoms with E-state index in [4.69, 9.17) is 0 Å². The molecule has 3 N–H and O–H groups in total. The Morgan fingerprint density at radius 1 is 0.955 bits per heavy atom. The van der Waals surface area contributed by atoms with Crippen molar-refractivity contribution in [3.8, 4) is 0 Å². The van der Waals surface area contributed by atoms with Crippen molar-refractivity contribution < 1.29 is 15.3 Å². The fourth-order valence-electron chi connectivity index (χ4n) is 6.60. The average Bonchev–Trinajstić information content (AvgIpc) is 2.77. The van der Waals surface area contributed by atoms with Crippen LogP contribution in [0.15, 0.2) is 11.6 Å². The molecule has 0 aliphatic heterocycles. The minimum absolute atomic E-state index is 0.00195. The molecule has 0 heterocycles. The molecule has 0 amide bonds. The largest absolute Gasteiger partial charge is 0.393 e. The molecule has 4 aliphatic carbocycles. The van der Waals surface area contributed by atoms with Crippen LogP contribution in [0, 0.1) is 28.6 Å².